The molecule has 126 valence electrons. The lowest BCUT2D eigenvalue weighted by Gasteiger charge is -2.36. The number of methoxy groups -OCH3 is 1. The van der Waals surface area contributed by atoms with E-state index in [1.165, 1.54) is 7.11 Å². The molecular formula is C17H20N4O3. The first kappa shape index (κ1) is 16.2. The van der Waals surface area contributed by atoms with Gasteiger partial charge in [-0.25, -0.2) is 4.98 Å². The Morgan fingerprint density at radius 1 is 1.21 bits per heavy atom. The van der Waals surface area contributed by atoms with Crippen LogP contribution in [0.1, 0.15) is 18.4 Å². The van der Waals surface area contributed by atoms with Crippen molar-refractivity contribution in [2.45, 2.75) is 18.3 Å². The molecule has 0 bridgehead atoms. The SMILES string of the molecule is COc1ccnc(NNC(=O)C2(c3ccccc3)CCOCC2)n1. The number of aromatic nitrogens is 2. The fraction of sp³-hybridized carbons (Fsp3) is 0.353. The minimum Gasteiger partial charge on any atom is -0.481 e. The molecule has 24 heavy (non-hydrogen) atoms. The van der Waals surface area contributed by atoms with E-state index >= 15 is 0 Å². The lowest BCUT2D eigenvalue weighted by atomic mass is 9.73. The molecule has 2 heterocycles. The molecule has 1 aliphatic heterocycles. The minimum atomic E-state index is -0.620. The number of anilines is 1. The standard InChI is InChI=1S/C17H20N4O3/c1-23-14-7-10-18-16(19-14)21-20-15(22)17(8-11-24-12-9-17)13-5-3-2-4-6-13/h2-7,10H,8-9,11-12H2,1H3,(H,20,22)(H,18,19,21). The van der Waals surface area contributed by atoms with Gasteiger partial charge in [0.2, 0.25) is 17.7 Å². The molecule has 0 aliphatic carbocycles. The largest absolute Gasteiger partial charge is 0.481 e. The van der Waals surface area contributed by atoms with Gasteiger partial charge in [-0.05, 0) is 18.4 Å². The maximum atomic E-state index is 12.9. The van der Waals surface area contributed by atoms with Crippen LogP contribution in [0.5, 0.6) is 5.88 Å². The van der Waals surface area contributed by atoms with Crippen molar-refractivity contribution in [2.24, 2.45) is 0 Å². The van der Waals surface area contributed by atoms with Gasteiger partial charge in [0.05, 0.1) is 12.5 Å². The van der Waals surface area contributed by atoms with E-state index in [9.17, 15) is 4.79 Å². The van der Waals surface area contributed by atoms with Crippen molar-refractivity contribution < 1.29 is 14.3 Å². The predicted octanol–water partition coefficient (Wildman–Crippen LogP) is 1.68. The van der Waals surface area contributed by atoms with Gasteiger partial charge in [-0.15, -0.1) is 0 Å². The highest BCUT2D eigenvalue weighted by atomic mass is 16.5. The molecule has 1 amide bonds. The van der Waals surface area contributed by atoms with Gasteiger partial charge in [0.1, 0.15) is 0 Å². The molecule has 7 nitrogen and oxygen atoms in total. The fourth-order valence-electron chi connectivity index (χ4n) is 2.87. The summed E-state index contributed by atoms with van der Waals surface area (Å²) < 4.78 is 10.5. The van der Waals surface area contributed by atoms with Gasteiger partial charge in [0, 0.05) is 25.5 Å². The van der Waals surface area contributed by atoms with E-state index in [1.807, 2.05) is 30.3 Å². The first-order valence-corrected chi connectivity index (χ1v) is 7.81. The predicted molar refractivity (Wildman–Crippen MR) is 88.5 cm³/mol. The van der Waals surface area contributed by atoms with Crippen LogP contribution in [0.15, 0.2) is 42.6 Å². The number of hydrogen-bond donors (Lipinski definition) is 2. The van der Waals surface area contributed by atoms with Gasteiger partial charge in [-0.3, -0.25) is 15.6 Å². The second kappa shape index (κ2) is 7.27. The molecule has 2 N–H and O–H groups in total. The van der Waals surface area contributed by atoms with Crippen LogP contribution in [0.3, 0.4) is 0 Å². The van der Waals surface area contributed by atoms with Crippen LogP contribution in [0.4, 0.5) is 5.95 Å². The Hall–Kier alpha value is -2.67. The van der Waals surface area contributed by atoms with Crippen molar-refractivity contribution in [3.8, 4) is 5.88 Å². The Labute approximate surface area is 140 Å². The van der Waals surface area contributed by atoms with E-state index in [-0.39, 0.29) is 11.9 Å². The van der Waals surface area contributed by atoms with E-state index in [0.717, 1.165) is 5.56 Å². The van der Waals surface area contributed by atoms with Crippen LogP contribution in [0.25, 0.3) is 0 Å². The highest BCUT2D eigenvalue weighted by molar-refractivity contribution is 5.89. The summed E-state index contributed by atoms with van der Waals surface area (Å²) in [6, 6.07) is 11.4. The van der Waals surface area contributed by atoms with Crippen molar-refractivity contribution in [1.29, 1.82) is 0 Å². The number of rotatable bonds is 5. The van der Waals surface area contributed by atoms with Crippen molar-refractivity contribution in [2.75, 3.05) is 25.7 Å². The minimum absolute atomic E-state index is 0.122. The van der Waals surface area contributed by atoms with E-state index in [0.29, 0.717) is 31.9 Å². The number of carbonyl (C=O) groups excluding carboxylic acids is 1. The second-order valence-electron chi connectivity index (χ2n) is 5.56. The van der Waals surface area contributed by atoms with Crippen LogP contribution in [-0.2, 0) is 14.9 Å². The Morgan fingerprint density at radius 2 is 1.96 bits per heavy atom. The van der Waals surface area contributed by atoms with Crippen molar-refractivity contribution >= 4 is 11.9 Å². The first-order chi connectivity index (χ1) is 11.7. The van der Waals surface area contributed by atoms with Crippen molar-refractivity contribution in [1.82, 2.24) is 15.4 Å². The number of nitrogens with one attached hydrogen (secondary N) is 2. The van der Waals surface area contributed by atoms with E-state index < -0.39 is 5.41 Å². The smallest absolute Gasteiger partial charge is 0.249 e. The number of nitrogens with zero attached hydrogens (tertiary/aromatic N) is 2. The number of benzene rings is 1. The molecule has 0 unspecified atom stereocenters. The molecule has 1 aliphatic rings. The maximum Gasteiger partial charge on any atom is 0.249 e. The average Bonchev–Trinajstić information content (AvgIpc) is 2.67. The molecule has 1 aromatic heterocycles. The van der Waals surface area contributed by atoms with Gasteiger partial charge in [-0.2, -0.15) is 4.98 Å². The summed E-state index contributed by atoms with van der Waals surface area (Å²) in [7, 11) is 1.52. The molecule has 1 aromatic carbocycles. The summed E-state index contributed by atoms with van der Waals surface area (Å²) in [6.07, 6.45) is 2.81. The highest BCUT2D eigenvalue weighted by Gasteiger charge is 2.41. The van der Waals surface area contributed by atoms with Crippen molar-refractivity contribution in [3.05, 3.63) is 48.2 Å². The number of hydrazine groups is 1. The van der Waals surface area contributed by atoms with Gasteiger partial charge in [0.25, 0.3) is 0 Å². The Balaban J connectivity index is 1.77. The van der Waals surface area contributed by atoms with Crippen LogP contribution in [0, 0.1) is 0 Å². The van der Waals surface area contributed by atoms with Gasteiger partial charge < -0.3 is 9.47 Å². The van der Waals surface area contributed by atoms with Crippen molar-refractivity contribution in [3.63, 3.8) is 0 Å². The van der Waals surface area contributed by atoms with Gasteiger partial charge >= 0.3 is 0 Å². The molecule has 2 aromatic rings. The molecule has 1 saturated heterocycles. The lowest BCUT2D eigenvalue weighted by Crippen LogP contribution is -2.49. The molecule has 0 saturated carbocycles. The van der Waals surface area contributed by atoms with Gasteiger partial charge in [0.15, 0.2) is 0 Å². The van der Waals surface area contributed by atoms with Crippen LogP contribution >= 0.6 is 0 Å². The van der Waals surface area contributed by atoms with Crippen LogP contribution in [-0.4, -0.2) is 36.2 Å². The zero-order chi connectivity index (χ0) is 16.8. The fourth-order valence-corrected chi connectivity index (χ4v) is 2.87. The summed E-state index contributed by atoms with van der Waals surface area (Å²) in [5.41, 5.74) is 5.87. The van der Waals surface area contributed by atoms with E-state index in [2.05, 4.69) is 20.8 Å². The van der Waals surface area contributed by atoms with E-state index in [4.69, 9.17) is 9.47 Å². The molecule has 0 atom stereocenters. The summed E-state index contributed by atoms with van der Waals surface area (Å²) in [5, 5.41) is 0. The number of ether oxygens (including phenoxy) is 2. The Kier molecular flexibility index (Phi) is 4.90. The Bertz CT molecular complexity index is 687. The number of carbonyl (C=O) groups is 1. The first-order valence-electron chi connectivity index (χ1n) is 7.81. The molecule has 0 radical (unpaired) electrons. The zero-order valence-corrected chi connectivity index (χ0v) is 13.5. The normalized spacial score (nSPS) is 16.2. The molecular weight excluding hydrogens is 308 g/mol. The molecule has 0 spiro atoms. The Morgan fingerprint density at radius 3 is 2.67 bits per heavy atom. The second-order valence-corrected chi connectivity index (χ2v) is 5.56. The average molecular weight is 328 g/mol. The lowest BCUT2D eigenvalue weighted by molar-refractivity contribution is -0.130. The third-order valence-corrected chi connectivity index (χ3v) is 4.23. The third kappa shape index (κ3) is 3.30. The number of hydrogen-bond acceptors (Lipinski definition) is 6. The van der Waals surface area contributed by atoms with Gasteiger partial charge in [-0.1, -0.05) is 30.3 Å². The third-order valence-electron chi connectivity index (χ3n) is 4.23. The number of amides is 1. The van der Waals surface area contributed by atoms with Crippen LogP contribution in [0.2, 0.25) is 0 Å². The zero-order valence-electron chi connectivity index (χ0n) is 13.5. The van der Waals surface area contributed by atoms with Crippen LogP contribution < -0.4 is 15.6 Å². The molecule has 1 fully saturated rings. The summed E-state index contributed by atoms with van der Waals surface area (Å²) in [6.45, 7) is 1.11. The maximum absolute atomic E-state index is 12.9. The molecule has 7 heteroatoms. The van der Waals surface area contributed by atoms with E-state index in [1.54, 1.807) is 12.3 Å². The topological polar surface area (TPSA) is 85.4 Å². The summed E-state index contributed by atoms with van der Waals surface area (Å²) in [4.78, 5) is 21.1. The quantitative estimate of drug-likeness (QED) is 0.812. The highest BCUT2D eigenvalue weighted by Crippen LogP contribution is 2.35. The molecule has 3 rings (SSSR count). The summed E-state index contributed by atoms with van der Waals surface area (Å²) >= 11 is 0. The monoisotopic (exact) mass is 328 g/mol. The summed E-state index contributed by atoms with van der Waals surface area (Å²) in [5.74, 6) is 0.576.